The number of fused-ring (bicyclic) bond motifs is 1. The van der Waals surface area contributed by atoms with E-state index < -0.39 is 0 Å². The van der Waals surface area contributed by atoms with Crippen molar-refractivity contribution < 1.29 is 18.7 Å². The minimum Gasteiger partial charge on any atom is -0.497 e. The van der Waals surface area contributed by atoms with Crippen molar-refractivity contribution in [2.45, 2.75) is 13.8 Å². The van der Waals surface area contributed by atoms with Crippen molar-refractivity contribution in [3.8, 4) is 23.0 Å². The first-order chi connectivity index (χ1) is 14.5. The fourth-order valence-corrected chi connectivity index (χ4v) is 3.18. The third kappa shape index (κ3) is 3.72. The van der Waals surface area contributed by atoms with Crippen LogP contribution < -0.4 is 14.8 Å². The molecule has 0 aliphatic rings. The summed E-state index contributed by atoms with van der Waals surface area (Å²) in [5.74, 6) is 1.34. The smallest absolute Gasteiger partial charge is 0.259 e. The molecule has 0 fully saturated rings. The van der Waals surface area contributed by atoms with E-state index >= 15 is 0 Å². The van der Waals surface area contributed by atoms with Crippen LogP contribution >= 0.6 is 0 Å². The number of carbonyl (C=O) groups is 1. The number of anilines is 1. The summed E-state index contributed by atoms with van der Waals surface area (Å²) < 4.78 is 16.4. The molecular weight excluding hydrogens is 380 g/mol. The minimum absolute atomic E-state index is 0.268. The highest BCUT2D eigenvalue weighted by atomic mass is 16.5. The molecule has 6 nitrogen and oxygen atoms in total. The van der Waals surface area contributed by atoms with Crippen molar-refractivity contribution in [3.05, 3.63) is 71.3 Å². The number of ether oxygens (including phenoxy) is 2. The largest absolute Gasteiger partial charge is 0.497 e. The van der Waals surface area contributed by atoms with Gasteiger partial charge in [0.25, 0.3) is 5.91 Å². The van der Waals surface area contributed by atoms with Crippen molar-refractivity contribution in [1.82, 2.24) is 4.98 Å². The standard InChI is InChI=1S/C24H22N2O4/c1-14-11-20-22(12-15(14)2)30-24(26-20)16-5-7-17(8-6-16)25-23(27)19-10-9-18(28-3)13-21(19)29-4/h5-13H,1-4H3,(H,25,27). The molecule has 1 heterocycles. The number of nitrogens with zero attached hydrogens (tertiary/aromatic N) is 1. The predicted molar refractivity (Wildman–Crippen MR) is 116 cm³/mol. The quantitative estimate of drug-likeness (QED) is 0.485. The van der Waals surface area contributed by atoms with Crippen LogP contribution in [0.1, 0.15) is 21.5 Å². The summed E-state index contributed by atoms with van der Waals surface area (Å²) in [6.07, 6.45) is 0. The third-order valence-corrected chi connectivity index (χ3v) is 5.05. The van der Waals surface area contributed by atoms with E-state index in [1.165, 1.54) is 12.7 Å². The maximum Gasteiger partial charge on any atom is 0.259 e. The van der Waals surface area contributed by atoms with Crippen molar-refractivity contribution in [2.75, 3.05) is 19.5 Å². The lowest BCUT2D eigenvalue weighted by molar-refractivity contribution is 0.102. The van der Waals surface area contributed by atoms with Gasteiger partial charge in [-0.1, -0.05) is 0 Å². The molecule has 1 amide bonds. The van der Waals surface area contributed by atoms with E-state index in [9.17, 15) is 4.79 Å². The minimum atomic E-state index is -0.268. The molecule has 0 aliphatic heterocycles. The summed E-state index contributed by atoms with van der Waals surface area (Å²) >= 11 is 0. The number of benzene rings is 3. The average molecular weight is 402 g/mol. The fourth-order valence-electron chi connectivity index (χ4n) is 3.18. The summed E-state index contributed by atoms with van der Waals surface area (Å²) in [5, 5.41) is 2.88. The number of hydrogen-bond donors (Lipinski definition) is 1. The van der Waals surface area contributed by atoms with Gasteiger partial charge in [0.05, 0.1) is 19.8 Å². The first kappa shape index (κ1) is 19.5. The molecule has 4 rings (SSSR count). The van der Waals surface area contributed by atoms with E-state index in [0.29, 0.717) is 28.6 Å². The van der Waals surface area contributed by atoms with Gasteiger partial charge in [-0.05, 0) is 73.5 Å². The molecular formula is C24H22N2O4. The van der Waals surface area contributed by atoms with Gasteiger partial charge in [-0.25, -0.2) is 4.98 Å². The molecule has 0 atom stereocenters. The van der Waals surface area contributed by atoms with E-state index in [1.54, 1.807) is 25.3 Å². The fraction of sp³-hybridized carbons (Fsp3) is 0.167. The Labute approximate surface area is 174 Å². The number of oxazole rings is 1. The van der Waals surface area contributed by atoms with Gasteiger partial charge in [0, 0.05) is 17.3 Å². The van der Waals surface area contributed by atoms with Gasteiger partial charge in [0.15, 0.2) is 5.58 Å². The molecule has 4 aromatic rings. The number of hydrogen-bond acceptors (Lipinski definition) is 5. The van der Waals surface area contributed by atoms with Gasteiger partial charge in [0.1, 0.15) is 17.0 Å². The van der Waals surface area contributed by atoms with Crippen molar-refractivity contribution in [3.63, 3.8) is 0 Å². The Hall–Kier alpha value is -3.80. The second kappa shape index (κ2) is 7.91. The molecule has 0 aliphatic carbocycles. The van der Waals surface area contributed by atoms with Crippen LogP contribution in [0.5, 0.6) is 11.5 Å². The Morgan fingerprint density at radius 1 is 0.933 bits per heavy atom. The van der Waals surface area contributed by atoms with Crippen LogP contribution in [-0.4, -0.2) is 25.1 Å². The number of amides is 1. The van der Waals surface area contributed by atoms with Crippen LogP contribution in [-0.2, 0) is 0 Å². The summed E-state index contributed by atoms with van der Waals surface area (Å²) in [7, 11) is 3.08. The number of aryl methyl sites for hydroxylation is 2. The van der Waals surface area contributed by atoms with Crippen molar-refractivity contribution >= 4 is 22.7 Å². The Morgan fingerprint density at radius 3 is 2.37 bits per heavy atom. The van der Waals surface area contributed by atoms with Gasteiger partial charge in [-0.15, -0.1) is 0 Å². The van der Waals surface area contributed by atoms with Gasteiger partial charge < -0.3 is 19.2 Å². The predicted octanol–water partition coefficient (Wildman–Crippen LogP) is 5.38. The molecule has 3 aromatic carbocycles. The van der Waals surface area contributed by atoms with Gasteiger partial charge in [-0.3, -0.25) is 4.79 Å². The Bertz CT molecular complexity index is 1190. The molecule has 0 radical (unpaired) electrons. The molecule has 0 unspecified atom stereocenters. The van der Waals surface area contributed by atoms with E-state index in [4.69, 9.17) is 13.9 Å². The van der Waals surface area contributed by atoms with E-state index in [-0.39, 0.29) is 5.91 Å². The van der Waals surface area contributed by atoms with Crippen LogP contribution in [0.15, 0.2) is 59.0 Å². The zero-order valence-corrected chi connectivity index (χ0v) is 17.3. The lowest BCUT2D eigenvalue weighted by atomic mass is 10.1. The first-order valence-corrected chi connectivity index (χ1v) is 9.50. The van der Waals surface area contributed by atoms with Crippen LogP contribution in [0.4, 0.5) is 5.69 Å². The third-order valence-electron chi connectivity index (χ3n) is 5.05. The van der Waals surface area contributed by atoms with E-state index in [1.807, 2.05) is 43.3 Å². The van der Waals surface area contributed by atoms with Crippen LogP contribution in [0.2, 0.25) is 0 Å². The second-order valence-electron chi connectivity index (χ2n) is 7.02. The number of nitrogens with one attached hydrogen (secondary N) is 1. The SMILES string of the molecule is COc1ccc(C(=O)Nc2ccc(-c3nc4cc(C)c(C)cc4o3)cc2)c(OC)c1. The van der Waals surface area contributed by atoms with Gasteiger partial charge in [-0.2, -0.15) is 0 Å². The molecule has 1 N–H and O–H groups in total. The summed E-state index contributed by atoms with van der Waals surface area (Å²) in [5.41, 5.74) is 5.85. The summed E-state index contributed by atoms with van der Waals surface area (Å²) in [6, 6.07) is 16.4. The lowest BCUT2D eigenvalue weighted by Crippen LogP contribution is -2.13. The Kier molecular flexibility index (Phi) is 5.14. The average Bonchev–Trinajstić information content (AvgIpc) is 3.16. The van der Waals surface area contributed by atoms with Gasteiger partial charge in [0.2, 0.25) is 5.89 Å². The van der Waals surface area contributed by atoms with Crippen molar-refractivity contribution in [2.24, 2.45) is 0 Å². The molecule has 0 saturated carbocycles. The van der Waals surface area contributed by atoms with Gasteiger partial charge >= 0.3 is 0 Å². The number of rotatable bonds is 5. The molecule has 6 heteroatoms. The highest BCUT2D eigenvalue weighted by molar-refractivity contribution is 6.06. The topological polar surface area (TPSA) is 73.6 Å². The molecule has 152 valence electrons. The highest BCUT2D eigenvalue weighted by Gasteiger charge is 2.14. The molecule has 0 spiro atoms. The number of aromatic nitrogens is 1. The van der Waals surface area contributed by atoms with E-state index in [2.05, 4.69) is 17.2 Å². The normalized spacial score (nSPS) is 10.8. The molecule has 0 saturated heterocycles. The summed E-state index contributed by atoms with van der Waals surface area (Å²) in [6.45, 7) is 4.10. The Morgan fingerprint density at radius 2 is 1.67 bits per heavy atom. The zero-order valence-electron chi connectivity index (χ0n) is 17.3. The van der Waals surface area contributed by atoms with Crippen molar-refractivity contribution in [1.29, 1.82) is 0 Å². The van der Waals surface area contributed by atoms with Crippen LogP contribution in [0, 0.1) is 13.8 Å². The lowest BCUT2D eigenvalue weighted by Gasteiger charge is -2.11. The molecule has 0 bridgehead atoms. The number of methoxy groups -OCH3 is 2. The molecule has 1 aromatic heterocycles. The Balaban J connectivity index is 1.55. The maximum atomic E-state index is 12.7. The first-order valence-electron chi connectivity index (χ1n) is 9.50. The van der Waals surface area contributed by atoms with E-state index in [0.717, 1.165) is 22.2 Å². The number of carbonyl (C=O) groups excluding carboxylic acids is 1. The monoisotopic (exact) mass is 402 g/mol. The van der Waals surface area contributed by atoms with Crippen LogP contribution in [0.25, 0.3) is 22.6 Å². The summed E-state index contributed by atoms with van der Waals surface area (Å²) in [4.78, 5) is 17.2. The zero-order chi connectivity index (χ0) is 21.3. The second-order valence-corrected chi connectivity index (χ2v) is 7.02. The van der Waals surface area contributed by atoms with Crippen LogP contribution in [0.3, 0.4) is 0 Å². The molecule has 30 heavy (non-hydrogen) atoms. The maximum absolute atomic E-state index is 12.7. The highest BCUT2D eigenvalue weighted by Crippen LogP contribution is 2.28.